The lowest BCUT2D eigenvalue weighted by molar-refractivity contribution is -0.152. The average Bonchev–Trinajstić information content (AvgIpc) is 2.47. The van der Waals surface area contributed by atoms with Crippen molar-refractivity contribution in [1.82, 2.24) is 0 Å². The Bertz CT molecular complexity index is 309. The van der Waals surface area contributed by atoms with Gasteiger partial charge < -0.3 is 15.3 Å². The highest BCUT2D eigenvalue weighted by molar-refractivity contribution is 8.00. The third-order valence-electron chi connectivity index (χ3n) is 3.58. The van der Waals surface area contributed by atoms with Crippen LogP contribution >= 0.6 is 11.8 Å². The molecule has 6 heteroatoms. The molecule has 0 aliphatic heterocycles. The van der Waals surface area contributed by atoms with Gasteiger partial charge in [-0.25, -0.2) is 4.79 Å². The number of thioether (sulfide) groups is 1. The van der Waals surface area contributed by atoms with Crippen molar-refractivity contribution < 1.29 is 24.9 Å². The van der Waals surface area contributed by atoms with E-state index in [1.807, 2.05) is 0 Å². The SMILES string of the molecule is CCCCCCCCCCCCSC(C(=O)O)C(O)C(=O)O. The number of unbranched alkanes of at least 4 members (excludes halogenated alkanes) is 9. The number of aliphatic carboxylic acids is 2. The van der Waals surface area contributed by atoms with Gasteiger partial charge in [0.25, 0.3) is 0 Å². The predicted octanol–water partition coefficient (Wildman–Crippen LogP) is 3.54. The maximum atomic E-state index is 10.9. The average molecular weight is 334 g/mol. The van der Waals surface area contributed by atoms with Crippen molar-refractivity contribution in [3.63, 3.8) is 0 Å². The summed E-state index contributed by atoms with van der Waals surface area (Å²) in [7, 11) is 0. The van der Waals surface area contributed by atoms with E-state index in [1.54, 1.807) is 0 Å². The second-order valence-electron chi connectivity index (χ2n) is 5.59. The molecule has 0 heterocycles. The molecule has 2 unspecified atom stereocenters. The van der Waals surface area contributed by atoms with E-state index in [9.17, 15) is 14.7 Å². The highest BCUT2D eigenvalue weighted by atomic mass is 32.2. The quantitative estimate of drug-likeness (QED) is 0.397. The third kappa shape index (κ3) is 10.9. The normalized spacial score (nSPS) is 13.7. The Morgan fingerprint density at radius 1 is 0.818 bits per heavy atom. The van der Waals surface area contributed by atoms with Crippen LogP contribution in [0.1, 0.15) is 71.1 Å². The van der Waals surface area contributed by atoms with Gasteiger partial charge in [-0.1, -0.05) is 64.7 Å². The first-order valence-corrected chi connectivity index (χ1v) is 9.30. The lowest BCUT2D eigenvalue weighted by Crippen LogP contribution is -2.37. The Balaban J connectivity index is 3.54. The predicted molar refractivity (Wildman–Crippen MR) is 89.4 cm³/mol. The summed E-state index contributed by atoms with van der Waals surface area (Å²) in [4.78, 5) is 21.5. The fourth-order valence-corrected chi connectivity index (χ4v) is 3.29. The third-order valence-corrected chi connectivity index (χ3v) is 4.92. The molecule has 5 nitrogen and oxygen atoms in total. The Kier molecular flexibility index (Phi) is 13.4. The summed E-state index contributed by atoms with van der Waals surface area (Å²) in [5, 5.41) is 25.6. The van der Waals surface area contributed by atoms with Gasteiger partial charge >= 0.3 is 11.9 Å². The maximum Gasteiger partial charge on any atom is 0.334 e. The second kappa shape index (κ2) is 13.9. The second-order valence-corrected chi connectivity index (χ2v) is 6.84. The van der Waals surface area contributed by atoms with Crippen molar-refractivity contribution in [3.8, 4) is 0 Å². The van der Waals surface area contributed by atoms with Gasteiger partial charge in [0.1, 0.15) is 5.25 Å². The van der Waals surface area contributed by atoms with E-state index < -0.39 is 23.3 Å². The number of aliphatic hydroxyl groups excluding tert-OH is 1. The summed E-state index contributed by atoms with van der Waals surface area (Å²) in [5.41, 5.74) is 0. The summed E-state index contributed by atoms with van der Waals surface area (Å²) in [5.74, 6) is -2.19. The molecule has 2 atom stereocenters. The van der Waals surface area contributed by atoms with E-state index in [-0.39, 0.29) is 0 Å². The lowest BCUT2D eigenvalue weighted by Gasteiger charge is -2.14. The van der Waals surface area contributed by atoms with Gasteiger partial charge in [-0.3, -0.25) is 4.79 Å². The number of carboxylic acid groups (broad SMARTS) is 2. The number of carboxylic acids is 2. The lowest BCUT2D eigenvalue weighted by atomic mass is 10.1. The number of hydrogen-bond acceptors (Lipinski definition) is 4. The molecular weight excluding hydrogens is 304 g/mol. The van der Waals surface area contributed by atoms with Gasteiger partial charge in [0.05, 0.1) is 0 Å². The standard InChI is InChI=1S/C16H30O5S/c1-2-3-4-5-6-7-8-9-10-11-12-22-14(16(20)21)13(17)15(18)19/h13-14,17H,2-12H2,1H3,(H,18,19)(H,20,21). The zero-order chi connectivity index (χ0) is 16.8. The molecule has 0 aromatic rings. The van der Waals surface area contributed by atoms with Crippen LogP contribution in [0.4, 0.5) is 0 Å². The van der Waals surface area contributed by atoms with Crippen LogP contribution in [0.15, 0.2) is 0 Å². The molecule has 0 saturated carbocycles. The summed E-state index contributed by atoms with van der Waals surface area (Å²) in [6.45, 7) is 2.21. The van der Waals surface area contributed by atoms with Gasteiger partial charge in [-0.15, -0.1) is 11.8 Å². The molecule has 0 aromatic carbocycles. The molecular formula is C16H30O5S. The van der Waals surface area contributed by atoms with Crippen LogP contribution in [-0.2, 0) is 9.59 Å². The first-order chi connectivity index (χ1) is 10.5. The molecule has 0 bridgehead atoms. The van der Waals surface area contributed by atoms with Crippen molar-refractivity contribution in [3.05, 3.63) is 0 Å². The summed E-state index contributed by atoms with van der Waals surface area (Å²) in [6, 6.07) is 0. The van der Waals surface area contributed by atoms with Crippen molar-refractivity contribution >= 4 is 23.7 Å². The maximum absolute atomic E-state index is 10.9. The van der Waals surface area contributed by atoms with Crippen LogP contribution < -0.4 is 0 Å². The fourth-order valence-electron chi connectivity index (χ4n) is 2.23. The Morgan fingerprint density at radius 3 is 1.68 bits per heavy atom. The summed E-state index contributed by atoms with van der Waals surface area (Å²) in [6.07, 6.45) is 10.2. The monoisotopic (exact) mass is 334 g/mol. The number of aliphatic hydroxyl groups is 1. The molecule has 0 radical (unpaired) electrons. The number of carbonyl (C=O) groups is 2. The van der Waals surface area contributed by atoms with E-state index in [4.69, 9.17) is 10.2 Å². The largest absolute Gasteiger partial charge is 0.480 e. The van der Waals surface area contributed by atoms with Gasteiger partial charge in [0.2, 0.25) is 0 Å². The molecule has 0 amide bonds. The van der Waals surface area contributed by atoms with Crippen LogP contribution in [0.2, 0.25) is 0 Å². The molecule has 0 saturated heterocycles. The molecule has 0 aliphatic carbocycles. The van der Waals surface area contributed by atoms with Gasteiger partial charge in [-0.05, 0) is 12.2 Å². The van der Waals surface area contributed by atoms with Crippen LogP contribution in [0.5, 0.6) is 0 Å². The Morgan fingerprint density at radius 2 is 1.27 bits per heavy atom. The number of hydrogen-bond donors (Lipinski definition) is 3. The minimum atomic E-state index is -1.84. The van der Waals surface area contributed by atoms with E-state index >= 15 is 0 Å². The smallest absolute Gasteiger partial charge is 0.334 e. The first kappa shape index (κ1) is 21.2. The summed E-state index contributed by atoms with van der Waals surface area (Å²) >= 11 is 1.01. The van der Waals surface area contributed by atoms with Crippen LogP contribution in [0.3, 0.4) is 0 Å². The van der Waals surface area contributed by atoms with Crippen LogP contribution in [0, 0.1) is 0 Å². The highest BCUT2D eigenvalue weighted by Gasteiger charge is 2.32. The summed E-state index contributed by atoms with van der Waals surface area (Å²) < 4.78 is 0. The van der Waals surface area contributed by atoms with E-state index in [0.29, 0.717) is 5.75 Å². The molecule has 130 valence electrons. The van der Waals surface area contributed by atoms with Gasteiger partial charge in [-0.2, -0.15) is 0 Å². The van der Waals surface area contributed by atoms with Crippen molar-refractivity contribution in [1.29, 1.82) is 0 Å². The molecule has 0 aliphatic rings. The molecule has 0 fully saturated rings. The van der Waals surface area contributed by atoms with Crippen LogP contribution in [0.25, 0.3) is 0 Å². The molecule has 0 rings (SSSR count). The Labute approximate surface area is 137 Å². The van der Waals surface area contributed by atoms with E-state index in [1.165, 1.54) is 44.9 Å². The topological polar surface area (TPSA) is 94.8 Å². The minimum absolute atomic E-state index is 0.567. The van der Waals surface area contributed by atoms with Gasteiger partial charge in [0, 0.05) is 0 Å². The van der Waals surface area contributed by atoms with Gasteiger partial charge in [0.15, 0.2) is 6.10 Å². The van der Waals surface area contributed by atoms with Crippen molar-refractivity contribution in [2.45, 2.75) is 82.5 Å². The molecule has 22 heavy (non-hydrogen) atoms. The molecule has 0 aromatic heterocycles. The zero-order valence-corrected chi connectivity index (χ0v) is 14.3. The highest BCUT2D eigenvalue weighted by Crippen LogP contribution is 2.19. The Hall–Kier alpha value is -0.750. The van der Waals surface area contributed by atoms with Crippen LogP contribution in [-0.4, -0.2) is 44.4 Å². The minimum Gasteiger partial charge on any atom is -0.480 e. The molecule has 0 spiro atoms. The fraction of sp³-hybridized carbons (Fsp3) is 0.875. The van der Waals surface area contributed by atoms with E-state index in [2.05, 4.69) is 6.92 Å². The first-order valence-electron chi connectivity index (χ1n) is 8.26. The van der Waals surface area contributed by atoms with E-state index in [0.717, 1.165) is 31.0 Å². The van der Waals surface area contributed by atoms with Crippen molar-refractivity contribution in [2.24, 2.45) is 0 Å². The zero-order valence-electron chi connectivity index (χ0n) is 13.5. The number of rotatable bonds is 15. The molecule has 3 N–H and O–H groups in total. The van der Waals surface area contributed by atoms with Crippen molar-refractivity contribution in [2.75, 3.05) is 5.75 Å².